The van der Waals surface area contributed by atoms with Crippen LogP contribution >= 0.6 is 11.6 Å². The lowest BCUT2D eigenvalue weighted by molar-refractivity contribution is 0.412. The molecule has 0 aliphatic carbocycles. The van der Waals surface area contributed by atoms with Crippen molar-refractivity contribution in [2.45, 2.75) is 4.87 Å². The first-order valence-electron chi connectivity index (χ1n) is 8.24. The zero-order valence-electron chi connectivity index (χ0n) is 15.0. The molecule has 0 aliphatic rings. The van der Waals surface area contributed by atoms with E-state index in [1.165, 1.54) is 0 Å². The fourth-order valence-corrected chi connectivity index (χ4v) is 3.36. The number of hydrogen-bond acceptors (Lipinski definition) is 3. The van der Waals surface area contributed by atoms with Gasteiger partial charge in [0.05, 0.1) is 21.3 Å². The van der Waals surface area contributed by atoms with Crippen molar-refractivity contribution in [3.63, 3.8) is 0 Å². The van der Waals surface area contributed by atoms with Gasteiger partial charge in [-0.3, -0.25) is 0 Å². The van der Waals surface area contributed by atoms with Gasteiger partial charge >= 0.3 is 0 Å². The van der Waals surface area contributed by atoms with Gasteiger partial charge in [-0.25, -0.2) is 0 Å². The number of benzene rings is 3. The number of rotatable bonds is 6. The second-order valence-corrected chi connectivity index (χ2v) is 6.42. The summed E-state index contributed by atoms with van der Waals surface area (Å²) in [6, 6.07) is 23.3. The van der Waals surface area contributed by atoms with E-state index in [9.17, 15) is 0 Å². The Bertz CT molecular complexity index is 776. The van der Waals surface area contributed by atoms with E-state index in [4.69, 9.17) is 25.8 Å². The summed E-state index contributed by atoms with van der Waals surface area (Å²) in [6.07, 6.45) is 0. The summed E-state index contributed by atoms with van der Waals surface area (Å²) < 4.78 is 16.2. The van der Waals surface area contributed by atoms with Gasteiger partial charge in [0.2, 0.25) is 0 Å². The first kappa shape index (κ1) is 18.2. The lowest BCUT2D eigenvalue weighted by atomic mass is 9.84. The quantitative estimate of drug-likeness (QED) is 0.439. The Kier molecular flexibility index (Phi) is 5.38. The van der Waals surface area contributed by atoms with Crippen LogP contribution in [0.2, 0.25) is 0 Å². The van der Waals surface area contributed by atoms with E-state index in [1.54, 1.807) is 21.3 Å². The molecule has 0 spiro atoms. The van der Waals surface area contributed by atoms with Crippen molar-refractivity contribution in [1.82, 2.24) is 0 Å². The minimum atomic E-state index is -0.919. The third-order valence-corrected chi connectivity index (χ3v) is 5.06. The summed E-state index contributed by atoms with van der Waals surface area (Å²) in [4.78, 5) is -0.919. The van der Waals surface area contributed by atoms with Crippen molar-refractivity contribution in [3.8, 4) is 17.2 Å². The average Bonchev–Trinajstić information content (AvgIpc) is 2.73. The van der Waals surface area contributed by atoms with Gasteiger partial charge in [-0.05, 0) is 53.1 Å². The minimum Gasteiger partial charge on any atom is -0.497 e. The zero-order valence-corrected chi connectivity index (χ0v) is 15.8. The molecule has 26 heavy (non-hydrogen) atoms. The van der Waals surface area contributed by atoms with E-state index >= 15 is 0 Å². The van der Waals surface area contributed by atoms with Crippen LogP contribution in [0, 0.1) is 0 Å². The van der Waals surface area contributed by atoms with Crippen molar-refractivity contribution in [2.75, 3.05) is 21.3 Å². The molecule has 0 radical (unpaired) electrons. The van der Waals surface area contributed by atoms with E-state index in [0.717, 1.165) is 33.9 Å². The summed E-state index contributed by atoms with van der Waals surface area (Å²) in [5.41, 5.74) is 2.71. The highest BCUT2D eigenvalue weighted by Gasteiger charge is 2.35. The van der Waals surface area contributed by atoms with Crippen LogP contribution in [-0.4, -0.2) is 21.3 Å². The van der Waals surface area contributed by atoms with Crippen molar-refractivity contribution >= 4 is 11.6 Å². The van der Waals surface area contributed by atoms with Crippen LogP contribution in [0.4, 0.5) is 0 Å². The number of halogens is 1. The molecule has 0 fully saturated rings. The van der Waals surface area contributed by atoms with Gasteiger partial charge in [0, 0.05) is 0 Å². The summed E-state index contributed by atoms with van der Waals surface area (Å²) in [5.74, 6) is 2.25. The molecular weight excluding hydrogens is 348 g/mol. The van der Waals surface area contributed by atoms with Crippen molar-refractivity contribution in [3.05, 3.63) is 89.5 Å². The molecule has 0 saturated carbocycles. The van der Waals surface area contributed by atoms with Gasteiger partial charge in [0.1, 0.15) is 22.1 Å². The summed E-state index contributed by atoms with van der Waals surface area (Å²) in [7, 11) is 4.93. The normalized spacial score (nSPS) is 11.1. The maximum atomic E-state index is 7.34. The van der Waals surface area contributed by atoms with Crippen LogP contribution in [0.1, 0.15) is 16.7 Å². The van der Waals surface area contributed by atoms with Gasteiger partial charge in [-0.2, -0.15) is 0 Å². The van der Waals surface area contributed by atoms with E-state index in [2.05, 4.69) is 0 Å². The predicted molar refractivity (Wildman–Crippen MR) is 105 cm³/mol. The molecule has 0 aliphatic heterocycles. The Hall–Kier alpha value is -2.65. The van der Waals surface area contributed by atoms with Gasteiger partial charge in [0.25, 0.3) is 0 Å². The highest BCUT2D eigenvalue weighted by atomic mass is 35.5. The molecule has 0 saturated heterocycles. The molecule has 0 aromatic heterocycles. The fourth-order valence-electron chi connectivity index (χ4n) is 3.01. The Morgan fingerprint density at radius 3 is 1.15 bits per heavy atom. The molecule has 0 heterocycles. The second-order valence-electron chi connectivity index (χ2n) is 5.85. The van der Waals surface area contributed by atoms with Gasteiger partial charge in [-0.15, -0.1) is 11.6 Å². The maximum absolute atomic E-state index is 7.34. The molecule has 3 nitrogen and oxygen atoms in total. The highest BCUT2D eigenvalue weighted by Crippen LogP contribution is 2.45. The zero-order chi connectivity index (χ0) is 18.6. The number of ether oxygens (including phenoxy) is 3. The Balaban J connectivity index is 2.26. The van der Waals surface area contributed by atoms with E-state index < -0.39 is 4.87 Å². The number of methoxy groups -OCH3 is 3. The lowest BCUT2D eigenvalue weighted by Gasteiger charge is -2.30. The molecule has 0 amide bonds. The Labute approximate surface area is 159 Å². The van der Waals surface area contributed by atoms with E-state index in [-0.39, 0.29) is 0 Å². The highest BCUT2D eigenvalue weighted by molar-refractivity contribution is 6.28. The summed E-state index contributed by atoms with van der Waals surface area (Å²) in [6.45, 7) is 0. The average molecular weight is 369 g/mol. The molecule has 3 rings (SSSR count). The van der Waals surface area contributed by atoms with E-state index in [1.807, 2.05) is 72.8 Å². The van der Waals surface area contributed by atoms with Crippen LogP contribution in [0.15, 0.2) is 72.8 Å². The SMILES string of the molecule is COc1cccc(C(Cl)(c2cccc(OC)c2)c2cccc(OC)c2)c1. The van der Waals surface area contributed by atoms with Crippen molar-refractivity contribution < 1.29 is 14.2 Å². The van der Waals surface area contributed by atoms with E-state index in [0.29, 0.717) is 0 Å². The summed E-state index contributed by atoms with van der Waals surface area (Å²) in [5, 5.41) is 0. The van der Waals surface area contributed by atoms with Crippen molar-refractivity contribution in [1.29, 1.82) is 0 Å². The topological polar surface area (TPSA) is 27.7 Å². The third kappa shape index (κ3) is 3.35. The molecule has 134 valence electrons. The second kappa shape index (κ2) is 7.71. The van der Waals surface area contributed by atoms with Gasteiger partial charge < -0.3 is 14.2 Å². The predicted octanol–water partition coefficient (Wildman–Crippen LogP) is 5.24. The van der Waals surface area contributed by atoms with Crippen LogP contribution in [0.5, 0.6) is 17.2 Å². The first-order valence-corrected chi connectivity index (χ1v) is 8.62. The van der Waals surface area contributed by atoms with Crippen LogP contribution in [-0.2, 0) is 4.87 Å². The Morgan fingerprint density at radius 2 is 0.885 bits per heavy atom. The lowest BCUT2D eigenvalue weighted by Crippen LogP contribution is -2.22. The molecular formula is C22H21ClO3. The molecule has 4 heteroatoms. The number of alkyl halides is 1. The van der Waals surface area contributed by atoms with Crippen LogP contribution < -0.4 is 14.2 Å². The third-order valence-electron chi connectivity index (χ3n) is 4.40. The molecule has 0 atom stereocenters. The Morgan fingerprint density at radius 1 is 0.577 bits per heavy atom. The van der Waals surface area contributed by atoms with Crippen LogP contribution in [0.25, 0.3) is 0 Å². The smallest absolute Gasteiger partial charge is 0.120 e. The molecule has 0 bridgehead atoms. The van der Waals surface area contributed by atoms with Gasteiger partial charge in [-0.1, -0.05) is 36.4 Å². The monoisotopic (exact) mass is 368 g/mol. The molecule has 3 aromatic carbocycles. The molecule has 3 aromatic rings. The van der Waals surface area contributed by atoms with Gasteiger partial charge in [0.15, 0.2) is 0 Å². The standard InChI is InChI=1S/C22H21ClO3/c1-24-19-10-4-7-16(13-19)22(23,17-8-5-11-20(14-17)25-2)18-9-6-12-21(15-18)26-3/h4-15H,1-3H3. The number of hydrogen-bond donors (Lipinski definition) is 0. The maximum Gasteiger partial charge on any atom is 0.120 e. The largest absolute Gasteiger partial charge is 0.497 e. The van der Waals surface area contributed by atoms with Crippen LogP contribution in [0.3, 0.4) is 0 Å². The minimum absolute atomic E-state index is 0.748. The first-order chi connectivity index (χ1) is 12.6. The molecule has 0 unspecified atom stereocenters. The summed E-state index contributed by atoms with van der Waals surface area (Å²) >= 11 is 7.34. The van der Waals surface area contributed by atoms with Crippen molar-refractivity contribution in [2.24, 2.45) is 0 Å². The molecule has 0 N–H and O–H groups in total. The fraction of sp³-hybridized carbons (Fsp3) is 0.182.